The summed E-state index contributed by atoms with van der Waals surface area (Å²) in [7, 11) is 1.84. The number of nitrogens with zero attached hydrogens (tertiary/aromatic N) is 3. The van der Waals surface area contributed by atoms with Gasteiger partial charge in [0, 0.05) is 13.6 Å². The molecule has 0 saturated carbocycles. The number of hydrogen-bond acceptors (Lipinski definition) is 4. The monoisotopic (exact) mass is 428 g/mol. The highest BCUT2D eigenvalue weighted by atomic mass is 19.1. The lowest BCUT2D eigenvalue weighted by atomic mass is 10.0. The van der Waals surface area contributed by atoms with Crippen molar-refractivity contribution in [3.8, 4) is 0 Å². The number of benzene rings is 3. The lowest BCUT2D eigenvalue weighted by molar-refractivity contribution is -0.117. The maximum absolute atomic E-state index is 15.2. The number of aromatic nitrogens is 2. The lowest BCUT2D eigenvalue weighted by Crippen LogP contribution is -2.20. The zero-order valence-electron chi connectivity index (χ0n) is 18.0. The van der Waals surface area contributed by atoms with Crippen LogP contribution in [0.15, 0.2) is 73.1 Å². The summed E-state index contributed by atoms with van der Waals surface area (Å²) in [5.74, 6) is -0.456. The van der Waals surface area contributed by atoms with Crippen LogP contribution < -0.4 is 10.6 Å². The lowest BCUT2D eigenvalue weighted by Gasteiger charge is -2.20. The van der Waals surface area contributed by atoms with Gasteiger partial charge in [-0.25, -0.2) is 14.4 Å². The Labute approximate surface area is 186 Å². The van der Waals surface area contributed by atoms with Crippen molar-refractivity contribution in [3.05, 3.63) is 101 Å². The first-order valence-corrected chi connectivity index (χ1v) is 10.5. The minimum absolute atomic E-state index is 0.216. The highest BCUT2D eigenvalue weighted by molar-refractivity contribution is 5.83. The third kappa shape index (κ3) is 5.09. The van der Waals surface area contributed by atoms with E-state index in [1.54, 1.807) is 0 Å². The van der Waals surface area contributed by atoms with Gasteiger partial charge in [-0.1, -0.05) is 60.7 Å². The highest BCUT2D eigenvalue weighted by Gasteiger charge is 2.15. The Morgan fingerprint density at radius 2 is 1.59 bits per heavy atom. The van der Waals surface area contributed by atoms with Crippen molar-refractivity contribution >= 4 is 22.5 Å². The minimum Gasteiger partial charge on any atom is -0.369 e. The molecule has 0 atom stereocenters. The number of fused-ring (bicyclic) bond motifs is 1. The number of anilines is 1. The Kier molecular flexibility index (Phi) is 6.40. The van der Waals surface area contributed by atoms with Crippen LogP contribution in [-0.4, -0.2) is 22.9 Å². The highest BCUT2D eigenvalue weighted by Crippen LogP contribution is 2.22. The van der Waals surface area contributed by atoms with Crippen molar-refractivity contribution in [2.45, 2.75) is 25.8 Å². The largest absolute Gasteiger partial charge is 0.369 e. The average Bonchev–Trinajstić information content (AvgIpc) is 2.79. The van der Waals surface area contributed by atoms with Gasteiger partial charge in [-0.2, -0.15) is 0 Å². The summed E-state index contributed by atoms with van der Waals surface area (Å²) in [5.41, 5.74) is 8.61. The molecule has 4 aromatic rings. The number of amides is 1. The maximum Gasteiger partial charge on any atom is 0.221 e. The van der Waals surface area contributed by atoms with Gasteiger partial charge in [-0.3, -0.25) is 4.79 Å². The molecule has 162 valence electrons. The van der Waals surface area contributed by atoms with E-state index < -0.39 is 0 Å². The molecule has 4 rings (SSSR count). The number of rotatable bonds is 8. The van der Waals surface area contributed by atoms with Gasteiger partial charge in [0.15, 0.2) is 11.6 Å². The van der Waals surface area contributed by atoms with E-state index >= 15 is 4.39 Å². The standard InChI is InChI=1S/C26H25FN4O/c1-31(16-20-10-12-21-4-2-3-5-22(21)14-20)26-25(27)23(29-17-30-26)13-11-18-6-8-19(9-7-18)15-24(28)32/h2-10,12,14,17H,11,13,15-16H2,1H3,(H2,28,32). The number of carbonyl (C=O) groups excluding carboxylic acids is 1. The zero-order valence-corrected chi connectivity index (χ0v) is 18.0. The van der Waals surface area contributed by atoms with Crippen LogP contribution in [0.4, 0.5) is 10.2 Å². The van der Waals surface area contributed by atoms with E-state index in [1.807, 2.05) is 48.3 Å². The van der Waals surface area contributed by atoms with E-state index in [1.165, 1.54) is 11.7 Å². The van der Waals surface area contributed by atoms with Crippen molar-refractivity contribution in [2.24, 2.45) is 5.73 Å². The molecule has 5 nitrogen and oxygen atoms in total. The van der Waals surface area contributed by atoms with Crippen LogP contribution in [0.5, 0.6) is 0 Å². The molecule has 2 N–H and O–H groups in total. The summed E-state index contributed by atoms with van der Waals surface area (Å²) >= 11 is 0. The van der Waals surface area contributed by atoms with Crippen molar-refractivity contribution in [2.75, 3.05) is 11.9 Å². The molecule has 6 heteroatoms. The summed E-state index contributed by atoms with van der Waals surface area (Å²) in [6.07, 6.45) is 2.73. The second-order valence-electron chi connectivity index (χ2n) is 7.96. The Balaban J connectivity index is 1.44. The first kappa shape index (κ1) is 21.4. The van der Waals surface area contributed by atoms with Crippen LogP contribution in [0.2, 0.25) is 0 Å². The van der Waals surface area contributed by atoms with Crippen LogP contribution in [0.3, 0.4) is 0 Å². The van der Waals surface area contributed by atoms with E-state index in [9.17, 15) is 4.79 Å². The fourth-order valence-electron chi connectivity index (χ4n) is 3.81. The van der Waals surface area contributed by atoms with Crippen LogP contribution in [0.1, 0.15) is 22.4 Å². The predicted octanol–water partition coefficient (Wildman–Crippen LogP) is 4.22. The van der Waals surface area contributed by atoms with Crippen molar-refractivity contribution in [1.82, 2.24) is 9.97 Å². The number of carbonyl (C=O) groups is 1. The molecule has 3 aromatic carbocycles. The molecule has 0 saturated heterocycles. The Morgan fingerprint density at radius 3 is 2.34 bits per heavy atom. The fourth-order valence-corrected chi connectivity index (χ4v) is 3.81. The fraction of sp³-hybridized carbons (Fsp3) is 0.192. The number of hydrogen-bond donors (Lipinski definition) is 1. The summed E-state index contributed by atoms with van der Waals surface area (Å²) in [4.78, 5) is 21.2. The van der Waals surface area contributed by atoms with Gasteiger partial charge in [0.1, 0.15) is 6.33 Å². The molecule has 0 aliphatic heterocycles. The number of aryl methyl sites for hydroxylation is 2. The van der Waals surface area contributed by atoms with Gasteiger partial charge in [0.2, 0.25) is 5.91 Å². The first-order chi connectivity index (χ1) is 15.5. The second kappa shape index (κ2) is 9.56. The molecule has 0 aliphatic carbocycles. The summed E-state index contributed by atoms with van der Waals surface area (Å²) in [6, 6.07) is 22.0. The molecule has 0 aliphatic rings. The van der Waals surface area contributed by atoms with Gasteiger partial charge in [-0.05, 0) is 46.4 Å². The van der Waals surface area contributed by atoms with E-state index in [0.29, 0.717) is 30.9 Å². The topological polar surface area (TPSA) is 72.1 Å². The van der Waals surface area contributed by atoms with Crippen LogP contribution in [0.25, 0.3) is 10.8 Å². The van der Waals surface area contributed by atoms with E-state index in [0.717, 1.165) is 22.1 Å². The summed E-state index contributed by atoms with van der Waals surface area (Å²) in [6.45, 7) is 0.541. The van der Waals surface area contributed by atoms with Gasteiger partial charge in [0.25, 0.3) is 0 Å². The van der Waals surface area contributed by atoms with Crippen molar-refractivity contribution in [1.29, 1.82) is 0 Å². The van der Waals surface area contributed by atoms with Crippen LogP contribution >= 0.6 is 0 Å². The SMILES string of the molecule is CN(Cc1ccc2ccccc2c1)c1ncnc(CCc2ccc(CC(N)=O)cc2)c1F. The average molecular weight is 429 g/mol. The molecule has 1 heterocycles. The van der Waals surface area contributed by atoms with Crippen LogP contribution in [0, 0.1) is 5.82 Å². The molecule has 0 radical (unpaired) electrons. The quantitative estimate of drug-likeness (QED) is 0.456. The normalized spacial score (nSPS) is 10.9. The Bertz CT molecular complexity index is 1240. The van der Waals surface area contributed by atoms with E-state index in [2.05, 4.69) is 40.3 Å². The molecular formula is C26H25FN4O. The zero-order chi connectivity index (χ0) is 22.5. The smallest absolute Gasteiger partial charge is 0.221 e. The third-order valence-electron chi connectivity index (χ3n) is 5.49. The molecular weight excluding hydrogens is 403 g/mol. The predicted molar refractivity (Wildman–Crippen MR) is 125 cm³/mol. The molecule has 32 heavy (non-hydrogen) atoms. The molecule has 1 aromatic heterocycles. The maximum atomic E-state index is 15.2. The molecule has 0 spiro atoms. The minimum atomic E-state index is -0.388. The van der Waals surface area contributed by atoms with Gasteiger partial charge in [0.05, 0.1) is 12.1 Å². The Morgan fingerprint density at radius 1 is 0.906 bits per heavy atom. The molecule has 1 amide bonds. The summed E-state index contributed by atoms with van der Waals surface area (Å²) < 4.78 is 15.2. The first-order valence-electron chi connectivity index (χ1n) is 10.5. The Hall–Kier alpha value is -3.80. The van der Waals surface area contributed by atoms with E-state index in [4.69, 9.17) is 5.73 Å². The van der Waals surface area contributed by atoms with Gasteiger partial charge >= 0.3 is 0 Å². The summed E-state index contributed by atoms with van der Waals surface area (Å²) in [5, 5.41) is 2.33. The molecule has 0 fully saturated rings. The molecule has 0 unspecified atom stereocenters. The number of nitrogens with two attached hydrogens (primary N) is 1. The third-order valence-corrected chi connectivity index (χ3v) is 5.49. The number of halogens is 1. The van der Waals surface area contributed by atoms with Crippen LogP contribution in [-0.2, 0) is 30.6 Å². The van der Waals surface area contributed by atoms with Crippen molar-refractivity contribution < 1.29 is 9.18 Å². The van der Waals surface area contributed by atoms with Crippen molar-refractivity contribution in [3.63, 3.8) is 0 Å². The number of primary amides is 1. The van der Waals surface area contributed by atoms with Gasteiger partial charge in [-0.15, -0.1) is 0 Å². The second-order valence-corrected chi connectivity index (χ2v) is 7.96. The van der Waals surface area contributed by atoms with Gasteiger partial charge < -0.3 is 10.6 Å². The molecule has 0 bridgehead atoms. The van der Waals surface area contributed by atoms with E-state index in [-0.39, 0.29) is 18.1 Å².